The molecule has 0 saturated carbocycles. The van der Waals surface area contributed by atoms with Crippen molar-refractivity contribution in [3.05, 3.63) is 158 Å². The molecule has 0 aliphatic heterocycles. The summed E-state index contributed by atoms with van der Waals surface area (Å²) in [7, 11) is 0. The van der Waals surface area contributed by atoms with E-state index in [1.807, 2.05) is 0 Å². The van der Waals surface area contributed by atoms with Crippen LogP contribution in [0.4, 0.5) is 0 Å². The number of nitrogens with zero attached hydrogens (tertiary/aromatic N) is 2. The molecule has 0 bridgehead atoms. The van der Waals surface area contributed by atoms with Gasteiger partial charge in [0, 0.05) is 21.5 Å². The molecule has 0 atom stereocenters. The zero-order valence-corrected chi connectivity index (χ0v) is 24.4. The van der Waals surface area contributed by atoms with Gasteiger partial charge in [-0.1, -0.05) is 140 Å². The summed E-state index contributed by atoms with van der Waals surface area (Å²) in [6.07, 6.45) is 0. The highest BCUT2D eigenvalue weighted by Gasteiger charge is 2.19. The first-order valence-corrected chi connectivity index (χ1v) is 15.5. The molecule has 2 heterocycles. The van der Waals surface area contributed by atoms with Crippen LogP contribution in [0.1, 0.15) is 0 Å². The molecule has 0 saturated heterocycles. The molecule has 10 rings (SSSR count). The molecule has 2 heteroatoms. The molecule has 2 nitrogen and oxygen atoms in total. The van der Waals surface area contributed by atoms with Crippen molar-refractivity contribution >= 4 is 70.7 Å². The average Bonchev–Trinajstić information content (AvgIpc) is 3.53. The minimum atomic E-state index is 1.00. The van der Waals surface area contributed by atoms with Gasteiger partial charge >= 0.3 is 0 Å². The number of imidazole rings is 1. The van der Waals surface area contributed by atoms with E-state index in [0.717, 1.165) is 16.6 Å². The summed E-state index contributed by atoms with van der Waals surface area (Å²) in [5.74, 6) is 0. The van der Waals surface area contributed by atoms with Gasteiger partial charge < -0.3 is 0 Å². The topological polar surface area (TPSA) is 17.3 Å². The molecule has 208 valence electrons. The highest BCUT2D eigenvalue weighted by atomic mass is 15.0. The van der Waals surface area contributed by atoms with E-state index in [1.165, 1.54) is 76.4 Å². The summed E-state index contributed by atoms with van der Waals surface area (Å²) < 4.78 is 2.40. The summed E-state index contributed by atoms with van der Waals surface area (Å²) in [5.41, 5.74) is 9.26. The monoisotopic (exact) mass is 570 g/mol. The summed E-state index contributed by atoms with van der Waals surface area (Å²) in [6, 6.07) is 57.2. The Morgan fingerprint density at radius 1 is 0.356 bits per heavy atom. The second-order valence-corrected chi connectivity index (χ2v) is 12.0. The number of fused-ring (bicyclic) bond motifs is 14. The first kappa shape index (κ1) is 24.5. The number of aromatic nitrogens is 2. The van der Waals surface area contributed by atoms with Crippen molar-refractivity contribution in [2.45, 2.75) is 0 Å². The molecule has 2 aromatic heterocycles. The van der Waals surface area contributed by atoms with Gasteiger partial charge in [0.1, 0.15) is 5.65 Å². The highest BCUT2D eigenvalue weighted by Crippen LogP contribution is 2.40. The van der Waals surface area contributed by atoms with E-state index in [-0.39, 0.29) is 0 Å². The summed E-state index contributed by atoms with van der Waals surface area (Å²) in [5, 5.41) is 11.1. The van der Waals surface area contributed by atoms with E-state index in [1.54, 1.807) is 0 Å². The zero-order valence-electron chi connectivity index (χ0n) is 24.4. The number of hydrogen-bond acceptors (Lipinski definition) is 1. The number of hydrogen-bond donors (Lipinski definition) is 0. The van der Waals surface area contributed by atoms with Crippen molar-refractivity contribution in [3.8, 4) is 22.3 Å². The lowest BCUT2D eigenvalue weighted by molar-refractivity contribution is 1.32. The molecule has 0 radical (unpaired) electrons. The Labute approximate surface area is 259 Å². The van der Waals surface area contributed by atoms with Gasteiger partial charge in [-0.25, -0.2) is 4.98 Å². The van der Waals surface area contributed by atoms with Gasteiger partial charge in [0.15, 0.2) is 0 Å². The Kier molecular flexibility index (Phi) is 5.03. The first-order valence-electron chi connectivity index (χ1n) is 15.5. The van der Waals surface area contributed by atoms with Crippen LogP contribution in [0, 0.1) is 0 Å². The van der Waals surface area contributed by atoms with E-state index in [2.05, 4.69) is 162 Å². The Morgan fingerprint density at radius 3 is 1.60 bits per heavy atom. The van der Waals surface area contributed by atoms with Crippen molar-refractivity contribution in [3.63, 3.8) is 0 Å². The molecule has 45 heavy (non-hydrogen) atoms. The van der Waals surface area contributed by atoms with Gasteiger partial charge in [0.25, 0.3) is 0 Å². The summed E-state index contributed by atoms with van der Waals surface area (Å²) in [4.78, 5) is 5.37. The molecular formula is C43H26N2. The average molecular weight is 571 g/mol. The van der Waals surface area contributed by atoms with Crippen molar-refractivity contribution < 1.29 is 0 Å². The molecule has 10 aromatic rings. The maximum atomic E-state index is 5.37. The number of pyridine rings is 1. The van der Waals surface area contributed by atoms with Crippen LogP contribution in [0.25, 0.3) is 92.9 Å². The van der Waals surface area contributed by atoms with Crippen molar-refractivity contribution in [2.24, 2.45) is 0 Å². The third-order valence-corrected chi connectivity index (χ3v) is 9.53. The van der Waals surface area contributed by atoms with Gasteiger partial charge in [-0.3, -0.25) is 4.40 Å². The lowest BCUT2D eigenvalue weighted by Crippen LogP contribution is -1.93. The van der Waals surface area contributed by atoms with E-state index < -0.39 is 0 Å². The SMILES string of the molecule is c1ccc2cc(-c3ccc(-c4ccc5c(c4)c4ccccc4c4nc6c7ccccc7c7ccccc7c6n54)cc3)ccc2c1. The first-order chi connectivity index (χ1) is 22.3. The van der Waals surface area contributed by atoms with E-state index in [9.17, 15) is 0 Å². The maximum absolute atomic E-state index is 5.37. The van der Waals surface area contributed by atoms with Crippen LogP contribution in [-0.2, 0) is 0 Å². The van der Waals surface area contributed by atoms with Crippen molar-refractivity contribution in [1.29, 1.82) is 0 Å². The predicted molar refractivity (Wildman–Crippen MR) is 191 cm³/mol. The fraction of sp³-hybridized carbons (Fsp3) is 0. The number of benzene rings is 8. The Balaban J connectivity index is 1.22. The molecule has 0 aliphatic carbocycles. The van der Waals surface area contributed by atoms with Gasteiger partial charge in [0.05, 0.1) is 16.6 Å². The minimum absolute atomic E-state index is 1.00. The third kappa shape index (κ3) is 3.54. The summed E-state index contributed by atoms with van der Waals surface area (Å²) in [6.45, 7) is 0. The van der Waals surface area contributed by atoms with Crippen LogP contribution in [0.2, 0.25) is 0 Å². The van der Waals surface area contributed by atoms with Crippen LogP contribution >= 0.6 is 0 Å². The number of rotatable bonds is 2. The quantitative estimate of drug-likeness (QED) is 0.189. The second-order valence-electron chi connectivity index (χ2n) is 12.0. The minimum Gasteiger partial charge on any atom is -0.291 e. The lowest BCUT2D eigenvalue weighted by Gasteiger charge is -2.13. The molecule has 0 unspecified atom stereocenters. The van der Waals surface area contributed by atoms with Gasteiger partial charge in [-0.2, -0.15) is 0 Å². The van der Waals surface area contributed by atoms with E-state index in [0.29, 0.717) is 0 Å². The lowest BCUT2D eigenvalue weighted by atomic mass is 9.96. The Morgan fingerprint density at radius 2 is 0.867 bits per heavy atom. The molecule has 0 amide bonds. The Bertz CT molecular complexity index is 2800. The fourth-order valence-corrected chi connectivity index (χ4v) is 7.38. The van der Waals surface area contributed by atoms with Crippen molar-refractivity contribution in [1.82, 2.24) is 9.38 Å². The van der Waals surface area contributed by atoms with Gasteiger partial charge in [-0.05, 0) is 67.4 Å². The third-order valence-electron chi connectivity index (χ3n) is 9.53. The Hall–Kier alpha value is -5.99. The van der Waals surface area contributed by atoms with Gasteiger partial charge in [-0.15, -0.1) is 0 Å². The molecule has 0 spiro atoms. The van der Waals surface area contributed by atoms with Crippen LogP contribution in [-0.4, -0.2) is 9.38 Å². The van der Waals surface area contributed by atoms with Crippen LogP contribution in [0.15, 0.2) is 158 Å². The normalized spacial score (nSPS) is 12.0. The van der Waals surface area contributed by atoms with E-state index >= 15 is 0 Å². The van der Waals surface area contributed by atoms with Gasteiger partial charge in [0.2, 0.25) is 0 Å². The molecular weight excluding hydrogens is 544 g/mol. The second kappa shape index (κ2) is 9.25. The largest absolute Gasteiger partial charge is 0.291 e. The standard InChI is InChI=1S/C43H26N2/c1-2-10-30-25-31(22-21-27(30)9-1)28-17-19-29(20-18-28)32-23-24-40-39(26-32)35-13-5-8-16-38(35)43-44-41-36-14-6-3-11-33(36)34-12-4-7-15-37(34)42(41)45(40)43/h1-26H. The van der Waals surface area contributed by atoms with Crippen molar-refractivity contribution in [2.75, 3.05) is 0 Å². The molecule has 0 aliphatic rings. The zero-order chi connectivity index (χ0) is 29.5. The molecule has 8 aromatic carbocycles. The molecule has 0 fully saturated rings. The highest BCUT2D eigenvalue weighted by molar-refractivity contribution is 6.26. The predicted octanol–water partition coefficient (Wildman–Crippen LogP) is 11.6. The smallest absolute Gasteiger partial charge is 0.146 e. The fourth-order valence-electron chi connectivity index (χ4n) is 7.38. The van der Waals surface area contributed by atoms with Crippen LogP contribution < -0.4 is 0 Å². The van der Waals surface area contributed by atoms with E-state index in [4.69, 9.17) is 4.98 Å². The molecule has 0 N–H and O–H groups in total. The van der Waals surface area contributed by atoms with Crippen LogP contribution in [0.5, 0.6) is 0 Å². The van der Waals surface area contributed by atoms with Crippen LogP contribution in [0.3, 0.4) is 0 Å². The maximum Gasteiger partial charge on any atom is 0.146 e. The summed E-state index contributed by atoms with van der Waals surface area (Å²) >= 11 is 0.